The summed E-state index contributed by atoms with van der Waals surface area (Å²) in [6.07, 6.45) is 9.12. The first-order valence-corrected chi connectivity index (χ1v) is 5.29. The molecule has 3 heteroatoms. The molecule has 2 rings (SSSR count). The summed E-state index contributed by atoms with van der Waals surface area (Å²) in [4.78, 5) is 24.3. The van der Waals surface area contributed by atoms with Crippen LogP contribution < -0.4 is 0 Å². The number of rotatable bonds is 1. The molecule has 1 aliphatic carbocycles. The van der Waals surface area contributed by atoms with Crippen LogP contribution in [-0.2, 0) is 9.59 Å². The van der Waals surface area contributed by atoms with Crippen LogP contribution in [0.1, 0.15) is 38.5 Å². The van der Waals surface area contributed by atoms with Gasteiger partial charge in [0.1, 0.15) is 0 Å². The van der Waals surface area contributed by atoms with Crippen molar-refractivity contribution in [3.05, 3.63) is 12.3 Å². The van der Waals surface area contributed by atoms with Crippen LogP contribution in [0.25, 0.3) is 0 Å². The lowest BCUT2D eigenvalue weighted by Gasteiger charge is -2.33. The van der Waals surface area contributed by atoms with Gasteiger partial charge in [0.15, 0.2) is 5.78 Å². The summed E-state index contributed by atoms with van der Waals surface area (Å²) in [5, 5.41) is 0. The van der Waals surface area contributed by atoms with Gasteiger partial charge in [-0.05, 0) is 18.9 Å². The van der Waals surface area contributed by atoms with Gasteiger partial charge in [0.05, 0.1) is 6.42 Å². The zero-order valence-electron chi connectivity index (χ0n) is 8.24. The summed E-state index contributed by atoms with van der Waals surface area (Å²) in [6.45, 7) is 0. The van der Waals surface area contributed by atoms with E-state index < -0.39 is 0 Å². The molecule has 0 atom stereocenters. The van der Waals surface area contributed by atoms with Gasteiger partial charge < -0.3 is 4.90 Å². The molecule has 76 valence electrons. The van der Waals surface area contributed by atoms with Gasteiger partial charge in [0, 0.05) is 12.2 Å². The Morgan fingerprint density at radius 3 is 2.50 bits per heavy atom. The molecule has 0 bridgehead atoms. The van der Waals surface area contributed by atoms with Crippen LogP contribution in [0, 0.1) is 0 Å². The molecule has 0 radical (unpaired) electrons. The Morgan fingerprint density at radius 2 is 1.86 bits per heavy atom. The second-order valence-electron chi connectivity index (χ2n) is 4.05. The Hall–Kier alpha value is -1.12. The van der Waals surface area contributed by atoms with E-state index in [0.717, 1.165) is 12.8 Å². The molecule has 0 aromatic carbocycles. The molecule has 0 saturated heterocycles. The molecule has 1 heterocycles. The number of carbonyl (C=O) groups excluding carboxylic acids is 2. The van der Waals surface area contributed by atoms with E-state index in [4.69, 9.17) is 0 Å². The van der Waals surface area contributed by atoms with E-state index in [-0.39, 0.29) is 18.1 Å². The highest BCUT2D eigenvalue weighted by Gasteiger charge is 2.27. The van der Waals surface area contributed by atoms with Gasteiger partial charge >= 0.3 is 0 Å². The number of ketones is 1. The summed E-state index contributed by atoms with van der Waals surface area (Å²) in [7, 11) is 0. The van der Waals surface area contributed by atoms with Crippen LogP contribution in [-0.4, -0.2) is 22.6 Å². The highest BCUT2D eigenvalue weighted by Crippen LogP contribution is 2.24. The third-order valence-corrected chi connectivity index (χ3v) is 3.00. The van der Waals surface area contributed by atoms with E-state index in [1.165, 1.54) is 25.3 Å². The van der Waals surface area contributed by atoms with Crippen molar-refractivity contribution < 1.29 is 9.59 Å². The first-order chi connectivity index (χ1) is 6.77. The van der Waals surface area contributed by atoms with Crippen molar-refractivity contribution in [3.63, 3.8) is 0 Å². The van der Waals surface area contributed by atoms with Gasteiger partial charge in [-0.25, -0.2) is 0 Å². The summed E-state index contributed by atoms with van der Waals surface area (Å²) in [5.74, 6) is -0.0912. The van der Waals surface area contributed by atoms with E-state index in [0.29, 0.717) is 6.04 Å². The van der Waals surface area contributed by atoms with Gasteiger partial charge in [-0.15, -0.1) is 0 Å². The first kappa shape index (κ1) is 9.44. The molecule has 1 fully saturated rings. The normalized spacial score (nSPS) is 24.4. The number of hydrogen-bond donors (Lipinski definition) is 0. The summed E-state index contributed by atoms with van der Waals surface area (Å²) in [5.41, 5.74) is 0. The van der Waals surface area contributed by atoms with Gasteiger partial charge in [-0.3, -0.25) is 9.59 Å². The number of allylic oxidation sites excluding steroid dienone is 1. The molecule has 1 saturated carbocycles. The minimum absolute atomic E-state index is 0.0237. The largest absolute Gasteiger partial charge is 0.316 e. The van der Waals surface area contributed by atoms with E-state index in [1.54, 1.807) is 11.1 Å². The standard InChI is InChI=1S/C11H15NO2/c13-10-6-7-12(11(14)8-10)9-4-2-1-3-5-9/h6-7,9H,1-5,8H2. The average Bonchev–Trinajstić information content (AvgIpc) is 2.19. The predicted octanol–water partition coefficient (Wildman–Crippen LogP) is 1.63. The maximum atomic E-state index is 11.6. The van der Waals surface area contributed by atoms with Gasteiger partial charge in [0.25, 0.3) is 0 Å². The molecule has 0 N–H and O–H groups in total. The second kappa shape index (κ2) is 3.95. The maximum Gasteiger partial charge on any atom is 0.234 e. The molecule has 1 aliphatic heterocycles. The van der Waals surface area contributed by atoms with Gasteiger partial charge in [-0.1, -0.05) is 19.3 Å². The number of amides is 1. The molecule has 2 aliphatic rings. The maximum absolute atomic E-state index is 11.6. The Kier molecular flexibility index (Phi) is 2.66. The van der Waals surface area contributed by atoms with Crippen LogP contribution in [0.5, 0.6) is 0 Å². The van der Waals surface area contributed by atoms with Crippen molar-refractivity contribution in [1.29, 1.82) is 0 Å². The average molecular weight is 193 g/mol. The highest BCUT2D eigenvalue weighted by atomic mass is 16.2. The van der Waals surface area contributed by atoms with E-state index in [2.05, 4.69) is 0 Å². The second-order valence-corrected chi connectivity index (χ2v) is 4.05. The summed E-state index contributed by atoms with van der Waals surface area (Å²) >= 11 is 0. The van der Waals surface area contributed by atoms with Crippen molar-refractivity contribution in [1.82, 2.24) is 4.90 Å². The molecule has 0 spiro atoms. The van der Waals surface area contributed by atoms with Crippen molar-refractivity contribution in [3.8, 4) is 0 Å². The predicted molar refractivity (Wildman–Crippen MR) is 52.5 cm³/mol. The Bertz CT molecular complexity index is 277. The molecule has 0 aromatic heterocycles. The molecule has 0 unspecified atom stereocenters. The first-order valence-electron chi connectivity index (χ1n) is 5.29. The Labute approximate surface area is 83.8 Å². The van der Waals surface area contributed by atoms with Gasteiger partial charge in [-0.2, -0.15) is 0 Å². The molecular formula is C11H15NO2. The smallest absolute Gasteiger partial charge is 0.234 e. The third kappa shape index (κ3) is 1.86. The topological polar surface area (TPSA) is 37.4 Å². The molecule has 0 aromatic rings. The molecule has 3 nitrogen and oxygen atoms in total. The fraction of sp³-hybridized carbons (Fsp3) is 0.636. The van der Waals surface area contributed by atoms with Crippen LogP contribution in [0.15, 0.2) is 12.3 Å². The zero-order chi connectivity index (χ0) is 9.97. The molecule has 14 heavy (non-hydrogen) atoms. The monoisotopic (exact) mass is 193 g/mol. The Balaban J connectivity index is 2.05. The lowest BCUT2D eigenvalue weighted by Crippen LogP contribution is -2.40. The molecule has 1 amide bonds. The minimum atomic E-state index is -0.0675. The minimum Gasteiger partial charge on any atom is -0.316 e. The van der Waals surface area contributed by atoms with E-state index >= 15 is 0 Å². The van der Waals surface area contributed by atoms with Crippen molar-refractivity contribution in [2.24, 2.45) is 0 Å². The van der Waals surface area contributed by atoms with Crippen LogP contribution in [0.2, 0.25) is 0 Å². The van der Waals surface area contributed by atoms with Crippen LogP contribution >= 0.6 is 0 Å². The van der Waals surface area contributed by atoms with Crippen molar-refractivity contribution >= 4 is 11.7 Å². The highest BCUT2D eigenvalue weighted by molar-refractivity contribution is 6.06. The fourth-order valence-corrected chi connectivity index (χ4v) is 2.23. The van der Waals surface area contributed by atoms with Crippen molar-refractivity contribution in [2.75, 3.05) is 0 Å². The SMILES string of the molecule is O=C1C=CN(C2CCCCC2)C(=O)C1. The zero-order valence-corrected chi connectivity index (χ0v) is 8.24. The van der Waals surface area contributed by atoms with E-state index in [9.17, 15) is 9.59 Å². The van der Waals surface area contributed by atoms with Crippen LogP contribution in [0.4, 0.5) is 0 Å². The summed E-state index contributed by atoms with van der Waals surface area (Å²) < 4.78 is 0. The number of hydrogen-bond acceptors (Lipinski definition) is 2. The fourth-order valence-electron chi connectivity index (χ4n) is 2.23. The van der Waals surface area contributed by atoms with Crippen LogP contribution in [0.3, 0.4) is 0 Å². The quantitative estimate of drug-likeness (QED) is 0.593. The lowest BCUT2D eigenvalue weighted by molar-refractivity contribution is -0.135. The Morgan fingerprint density at radius 1 is 1.14 bits per heavy atom. The number of nitrogens with zero attached hydrogens (tertiary/aromatic N) is 1. The lowest BCUT2D eigenvalue weighted by atomic mass is 9.93. The summed E-state index contributed by atoms with van der Waals surface area (Å²) in [6, 6.07) is 0.348. The van der Waals surface area contributed by atoms with Gasteiger partial charge in [0.2, 0.25) is 5.91 Å². The third-order valence-electron chi connectivity index (χ3n) is 3.00. The van der Waals surface area contributed by atoms with E-state index in [1.807, 2.05) is 0 Å². The molecular weight excluding hydrogens is 178 g/mol. The van der Waals surface area contributed by atoms with Crippen molar-refractivity contribution in [2.45, 2.75) is 44.6 Å². The number of carbonyl (C=O) groups is 2.